The number of halogens is 3. The number of pyridine rings is 1. The van der Waals surface area contributed by atoms with Crippen molar-refractivity contribution in [1.29, 1.82) is 0 Å². The third-order valence-electron chi connectivity index (χ3n) is 4.50. The topological polar surface area (TPSA) is 134 Å². The van der Waals surface area contributed by atoms with Gasteiger partial charge < -0.3 is 15.7 Å². The van der Waals surface area contributed by atoms with Crippen LogP contribution in [-0.4, -0.2) is 38.7 Å². The Morgan fingerprint density at radius 1 is 1.24 bits per heavy atom. The minimum Gasteiger partial charge on any atom is -0.363 e. The van der Waals surface area contributed by atoms with Gasteiger partial charge in [-0.1, -0.05) is 12.1 Å². The van der Waals surface area contributed by atoms with Crippen LogP contribution in [0.4, 0.5) is 23.7 Å². The fraction of sp³-hybridized carbons (Fsp3) is 0.235. The summed E-state index contributed by atoms with van der Waals surface area (Å²) >= 11 is 0. The maximum atomic E-state index is 13.7. The molecule has 0 radical (unpaired) electrons. The number of ketones is 1. The minimum atomic E-state index is -5.40. The Morgan fingerprint density at radius 3 is 2.41 bits per heavy atom. The summed E-state index contributed by atoms with van der Waals surface area (Å²) in [5, 5.41) is 24.8. The largest absolute Gasteiger partial charge is 0.437 e. The molecular weight excluding hydrogens is 397 g/mol. The minimum absolute atomic E-state index is 0.0321. The zero-order valence-corrected chi connectivity index (χ0v) is 14.4. The van der Waals surface area contributed by atoms with Crippen molar-refractivity contribution in [2.24, 2.45) is 5.92 Å². The van der Waals surface area contributed by atoms with Crippen LogP contribution in [0.1, 0.15) is 22.0 Å². The molecule has 2 amide bonds. The van der Waals surface area contributed by atoms with Crippen molar-refractivity contribution in [3.8, 4) is 0 Å². The van der Waals surface area contributed by atoms with Crippen LogP contribution < -0.4 is 10.6 Å². The van der Waals surface area contributed by atoms with E-state index in [1.165, 1.54) is 23.6 Å². The number of urea groups is 1. The predicted molar refractivity (Wildman–Crippen MR) is 90.6 cm³/mol. The molecule has 0 aliphatic carbocycles. The molecule has 0 saturated carbocycles. The first-order valence-electron chi connectivity index (χ1n) is 8.11. The molecule has 1 saturated heterocycles. The first-order valence-corrected chi connectivity index (χ1v) is 8.11. The van der Waals surface area contributed by atoms with Gasteiger partial charge in [-0.25, -0.2) is 4.79 Å². The SMILES string of the molecule is O=C1N[C@H](c2ccc([N+](=O)[O-])cc2)[C@H](C(=O)c2cccnc2)[C@](O)(C(F)(F)F)N1. The molecule has 2 heterocycles. The second kappa shape index (κ2) is 7.13. The van der Waals surface area contributed by atoms with Crippen molar-refractivity contribution in [1.82, 2.24) is 15.6 Å². The lowest BCUT2D eigenvalue weighted by atomic mass is 9.77. The van der Waals surface area contributed by atoms with Crippen molar-refractivity contribution in [3.63, 3.8) is 0 Å². The van der Waals surface area contributed by atoms with E-state index in [1.807, 2.05) is 0 Å². The second-order valence-electron chi connectivity index (χ2n) is 6.27. The third kappa shape index (κ3) is 3.61. The lowest BCUT2D eigenvalue weighted by Gasteiger charge is -2.45. The monoisotopic (exact) mass is 410 g/mol. The molecule has 1 aliphatic rings. The highest BCUT2D eigenvalue weighted by Crippen LogP contribution is 2.44. The Hall–Kier alpha value is -3.54. The summed E-state index contributed by atoms with van der Waals surface area (Å²) in [5.74, 6) is -3.36. The lowest BCUT2D eigenvalue weighted by molar-refractivity contribution is -0.384. The van der Waals surface area contributed by atoms with E-state index >= 15 is 0 Å². The Labute approximate surface area is 160 Å². The maximum absolute atomic E-state index is 13.7. The smallest absolute Gasteiger partial charge is 0.363 e. The molecule has 152 valence electrons. The quantitative estimate of drug-likeness (QED) is 0.401. The molecule has 0 spiro atoms. The van der Waals surface area contributed by atoms with E-state index in [0.717, 1.165) is 30.5 Å². The van der Waals surface area contributed by atoms with Crippen molar-refractivity contribution in [2.45, 2.75) is 17.9 Å². The standard InChI is InChI=1S/C17H13F3N4O5/c18-17(19,20)16(27)12(14(25)10-2-1-7-21-8-10)13(22-15(26)23-16)9-3-5-11(6-4-9)24(28)29/h1-8,12-13,27H,(H2,22,23,26)/t12-,13-,16+/m1/s1. The van der Waals surface area contributed by atoms with Gasteiger partial charge in [0.1, 0.15) is 5.92 Å². The molecule has 1 aliphatic heterocycles. The maximum Gasteiger partial charge on any atom is 0.437 e. The first kappa shape index (κ1) is 20.2. The lowest BCUT2D eigenvalue weighted by Crippen LogP contribution is -2.72. The van der Waals surface area contributed by atoms with Crippen molar-refractivity contribution < 1.29 is 32.8 Å². The van der Waals surface area contributed by atoms with Crippen LogP contribution in [0.15, 0.2) is 48.8 Å². The summed E-state index contributed by atoms with van der Waals surface area (Å²) in [5.41, 5.74) is -4.47. The average Bonchev–Trinajstić information content (AvgIpc) is 2.67. The molecule has 2 aromatic rings. The number of non-ortho nitro benzene ring substituents is 1. The summed E-state index contributed by atoms with van der Waals surface area (Å²) in [4.78, 5) is 38.6. The number of alkyl halides is 3. The van der Waals surface area contributed by atoms with E-state index < -0.39 is 40.6 Å². The molecule has 1 aromatic carbocycles. The van der Waals surface area contributed by atoms with Crippen LogP contribution in [0.25, 0.3) is 0 Å². The van der Waals surface area contributed by atoms with Crippen LogP contribution in [-0.2, 0) is 0 Å². The predicted octanol–water partition coefficient (Wildman–Crippen LogP) is 2.09. The molecule has 0 bridgehead atoms. The summed E-state index contributed by atoms with van der Waals surface area (Å²) in [6.45, 7) is 0. The fourth-order valence-electron chi connectivity index (χ4n) is 3.11. The van der Waals surface area contributed by atoms with Gasteiger partial charge in [-0.05, 0) is 17.7 Å². The number of amides is 2. The number of hydrogen-bond acceptors (Lipinski definition) is 6. The number of hydrogen-bond donors (Lipinski definition) is 3. The molecule has 29 heavy (non-hydrogen) atoms. The van der Waals surface area contributed by atoms with Crippen LogP contribution in [0.3, 0.4) is 0 Å². The van der Waals surface area contributed by atoms with Crippen LogP contribution in [0, 0.1) is 16.0 Å². The number of aromatic nitrogens is 1. The Bertz CT molecular complexity index is 952. The van der Waals surface area contributed by atoms with Crippen molar-refractivity contribution in [3.05, 3.63) is 70.0 Å². The molecular formula is C17H13F3N4O5. The number of nitrogens with zero attached hydrogens (tertiary/aromatic N) is 2. The Balaban J connectivity index is 2.14. The molecule has 1 aromatic heterocycles. The zero-order valence-electron chi connectivity index (χ0n) is 14.4. The number of Topliss-reactive ketones (excluding diaryl/α,β-unsaturated/α-hetero) is 1. The van der Waals surface area contributed by atoms with E-state index in [4.69, 9.17) is 0 Å². The number of nitrogens with one attached hydrogen (secondary N) is 2. The van der Waals surface area contributed by atoms with Crippen molar-refractivity contribution >= 4 is 17.5 Å². The number of aliphatic hydroxyl groups is 1. The Morgan fingerprint density at radius 2 is 1.90 bits per heavy atom. The molecule has 9 nitrogen and oxygen atoms in total. The van der Waals surface area contributed by atoms with Crippen molar-refractivity contribution in [2.75, 3.05) is 0 Å². The fourth-order valence-corrected chi connectivity index (χ4v) is 3.11. The van der Waals surface area contributed by atoms with Crippen LogP contribution >= 0.6 is 0 Å². The highest BCUT2D eigenvalue weighted by Gasteiger charge is 2.66. The van der Waals surface area contributed by atoms with Gasteiger partial charge in [0.15, 0.2) is 5.78 Å². The van der Waals surface area contributed by atoms with Gasteiger partial charge in [-0.15, -0.1) is 0 Å². The number of nitro benzene ring substituents is 1. The van der Waals surface area contributed by atoms with Gasteiger partial charge >= 0.3 is 12.2 Å². The van der Waals surface area contributed by atoms with Crippen LogP contribution in [0.2, 0.25) is 0 Å². The van der Waals surface area contributed by atoms with Gasteiger partial charge in [0, 0.05) is 30.1 Å². The number of carbonyl (C=O) groups excluding carboxylic acids is 2. The van der Waals surface area contributed by atoms with Gasteiger partial charge in [0.25, 0.3) is 5.69 Å². The number of carbonyl (C=O) groups is 2. The molecule has 0 unspecified atom stereocenters. The van der Waals surface area contributed by atoms with Gasteiger partial charge in [-0.3, -0.25) is 19.9 Å². The summed E-state index contributed by atoms with van der Waals surface area (Å²) in [6, 6.07) is 3.81. The molecule has 3 N–H and O–H groups in total. The summed E-state index contributed by atoms with van der Waals surface area (Å²) < 4.78 is 41.2. The highest BCUT2D eigenvalue weighted by atomic mass is 19.4. The number of nitro groups is 1. The normalized spacial score (nSPS) is 24.3. The second-order valence-corrected chi connectivity index (χ2v) is 6.27. The van der Waals surface area contributed by atoms with Gasteiger partial charge in [0.05, 0.1) is 11.0 Å². The third-order valence-corrected chi connectivity index (χ3v) is 4.50. The zero-order chi connectivity index (χ0) is 21.4. The number of benzene rings is 1. The molecule has 3 rings (SSSR count). The Kier molecular flexibility index (Phi) is 4.96. The van der Waals surface area contributed by atoms with E-state index in [-0.39, 0.29) is 16.8 Å². The van der Waals surface area contributed by atoms with E-state index in [1.54, 1.807) is 0 Å². The van der Waals surface area contributed by atoms with Crippen LogP contribution in [0.5, 0.6) is 0 Å². The van der Waals surface area contributed by atoms with E-state index in [2.05, 4.69) is 10.3 Å². The highest BCUT2D eigenvalue weighted by molar-refractivity contribution is 6.00. The number of rotatable bonds is 4. The molecule has 1 fully saturated rings. The molecule has 3 atom stereocenters. The average molecular weight is 410 g/mol. The first-order chi connectivity index (χ1) is 13.5. The van der Waals surface area contributed by atoms with E-state index in [0.29, 0.717) is 0 Å². The molecule has 12 heteroatoms. The van der Waals surface area contributed by atoms with Gasteiger partial charge in [-0.2, -0.15) is 13.2 Å². The summed E-state index contributed by atoms with van der Waals surface area (Å²) in [7, 11) is 0. The summed E-state index contributed by atoms with van der Waals surface area (Å²) in [6.07, 6.45) is -3.06. The van der Waals surface area contributed by atoms with E-state index in [9.17, 15) is 38.0 Å². The van der Waals surface area contributed by atoms with Gasteiger partial charge in [0.2, 0.25) is 5.72 Å².